The zero-order chi connectivity index (χ0) is 10.8. The summed E-state index contributed by atoms with van der Waals surface area (Å²) in [6.45, 7) is 0.997. The van der Waals surface area contributed by atoms with Crippen LogP contribution in [0.1, 0.15) is 17.9 Å². The normalized spacial score (nSPS) is 19.1. The van der Waals surface area contributed by atoms with Crippen LogP contribution < -0.4 is 10.5 Å². The van der Waals surface area contributed by atoms with E-state index in [0.717, 1.165) is 12.0 Å². The van der Waals surface area contributed by atoms with Gasteiger partial charge < -0.3 is 10.5 Å². The van der Waals surface area contributed by atoms with Crippen molar-refractivity contribution in [2.24, 2.45) is 5.73 Å². The lowest BCUT2D eigenvalue weighted by Gasteiger charge is -2.24. The fraction of sp³-hybridized carbons (Fsp3) is 0.400. The maximum Gasteiger partial charge on any atom is 0.311 e. The van der Waals surface area contributed by atoms with Crippen molar-refractivity contribution in [2.75, 3.05) is 13.2 Å². The molecule has 0 amide bonds. The molecule has 0 aromatic heterocycles. The van der Waals surface area contributed by atoms with Crippen LogP contribution in [0.25, 0.3) is 0 Å². The molecular weight excluding hydrogens is 196 g/mol. The number of nitrogens with zero attached hydrogens (tertiary/aromatic N) is 1. The van der Waals surface area contributed by atoms with Crippen LogP contribution >= 0.6 is 0 Å². The summed E-state index contributed by atoms with van der Waals surface area (Å²) in [5.41, 5.74) is 6.51. The molecule has 5 heteroatoms. The lowest BCUT2D eigenvalue weighted by molar-refractivity contribution is -0.386. The smallest absolute Gasteiger partial charge is 0.311 e. The van der Waals surface area contributed by atoms with Gasteiger partial charge in [-0.05, 0) is 13.0 Å². The van der Waals surface area contributed by atoms with Gasteiger partial charge in [-0.25, -0.2) is 0 Å². The quantitative estimate of drug-likeness (QED) is 0.588. The minimum atomic E-state index is -0.419. The zero-order valence-corrected chi connectivity index (χ0v) is 8.18. The first kappa shape index (κ1) is 9.92. The highest BCUT2D eigenvalue weighted by atomic mass is 16.6. The summed E-state index contributed by atoms with van der Waals surface area (Å²) >= 11 is 0. The fourth-order valence-electron chi connectivity index (χ4n) is 1.87. The molecule has 80 valence electrons. The lowest BCUT2D eigenvalue weighted by atomic mass is 9.93. The highest BCUT2D eigenvalue weighted by Crippen LogP contribution is 2.39. The summed E-state index contributed by atoms with van der Waals surface area (Å²) in [6.07, 6.45) is 0.824. The molecule has 0 bridgehead atoms. The molecule has 5 nitrogen and oxygen atoms in total. The Morgan fingerprint density at radius 3 is 3.07 bits per heavy atom. The van der Waals surface area contributed by atoms with Crippen molar-refractivity contribution >= 4 is 5.69 Å². The van der Waals surface area contributed by atoms with Crippen LogP contribution in [-0.4, -0.2) is 18.1 Å². The van der Waals surface area contributed by atoms with Gasteiger partial charge in [0, 0.05) is 17.5 Å². The number of ether oxygens (including phenoxy) is 1. The summed E-state index contributed by atoms with van der Waals surface area (Å²) < 4.78 is 5.35. The third-order valence-corrected chi connectivity index (χ3v) is 2.66. The van der Waals surface area contributed by atoms with Crippen molar-refractivity contribution in [3.63, 3.8) is 0 Å². The Hall–Kier alpha value is -1.62. The lowest BCUT2D eigenvalue weighted by Crippen LogP contribution is -2.21. The number of nitrogens with two attached hydrogens (primary N) is 1. The third-order valence-electron chi connectivity index (χ3n) is 2.66. The molecule has 0 saturated carbocycles. The molecule has 0 aliphatic carbocycles. The van der Waals surface area contributed by atoms with E-state index in [2.05, 4.69) is 0 Å². The molecular formula is C10H12N2O3. The van der Waals surface area contributed by atoms with E-state index in [1.165, 1.54) is 6.07 Å². The average Bonchev–Trinajstić information content (AvgIpc) is 2.27. The first-order valence-electron chi connectivity index (χ1n) is 4.84. The van der Waals surface area contributed by atoms with E-state index in [4.69, 9.17) is 10.5 Å². The summed E-state index contributed by atoms with van der Waals surface area (Å²) in [5.74, 6) is 0.567. The molecule has 1 aromatic carbocycles. The molecule has 1 aliphatic rings. The topological polar surface area (TPSA) is 78.4 Å². The predicted molar refractivity (Wildman–Crippen MR) is 55.0 cm³/mol. The first-order chi connectivity index (χ1) is 7.24. The largest absolute Gasteiger partial charge is 0.487 e. The van der Waals surface area contributed by atoms with Gasteiger partial charge in [0.05, 0.1) is 11.5 Å². The molecule has 0 saturated heterocycles. The molecule has 1 aromatic rings. The summed E-state index contributed by atoms with van der Waals surface area (Å²) in [5, 5.41) is 10.8. The van der Waals surface area contributed by atoms with Crippen molar-refractivity contribution in [3.05, 3.63) is 33.9 Å². The van der Waals surface area contributed by atoms with Gasteiger partial charge >= 0.3 is 5.69 Å². The summed E-state index contributed by atoms with van der Waals surface area (Å²) in [7, 11) is 0. The van der Waals surface area contributed by atoms with Gasteiger partial charge in [-0.2, -0.15) is 0 Å². The number of hydrogen-bond acceptors (Lipinski definition) is 4. The van der Waals surface area contributed by atoms with Gasteiger partial charge in [-0.1, -0.05) is 12.1 Å². The Bertz CT molecular complexity index is 392. The number of rotatable bonds is 2. The number of benzene rings is 1. The van der Waals surface area contributed by atoms with Crippen LogP contribution in [0.15, 0.2) is 18.2 Å². The fourth-order valence-corrected chi connectivity index (χ4v) is 1.87. The Morgan fingerprint density at radius 2 is 2.40 bits per heavy atom. The zero-order valence-electron chi connectivity index (χ0n) is 8.18. The van der Waals surface area contributed by atoms with E-state index < -0.39 is 4.92 Å². The van der Waals surface area contributed by atoms with Gasteiger partial charge in [0.15, 0.2) is 0 Å². The van der Waals surface area contributed by atoms with Gasteiger partial charge in [-0.15, -0.1) is 0 Å². The van der Waals surface area contributed by atoms with E-state index in [9.17, 15) is 10.1 Å². The molecule has 2 rings (SSSR count). The number of nitro benzene ring substituents is 1. The number of hydrogen-bond donors (Lipinski definition) is 1. The highest BCUT2D eigenvalue weighted by molar-refractivity contribution is 5.54. The number of fused-ring (bicyclic) bond motifs is 1. The van der Waals surface area contributed by atoms with Gasteiger partial charge in [0.1, 0.15) is 0 Å². The van der Waals surface area contributed by atoms with Crippen molar-refractivity contribution in [2.45, 2.75) is 12.3 Å². The minimum absolute atomic E-state index is 0.0330. The number of para-hydroxylation sites is 1. The van der Waals surface area contributed by atoms with Crippen LogP contribution in [0.2, 0.25) is 0 Å². The van der Waals surface area contributed by atoms with E-state index in [0.29, 0.717) is 18.9 Å². The van der Waals surface area contributed by atoms with E-state index >= 15 is 0 Å². The second-order valence-electron chi connectivity index (χ2n) is 3.52. The van der Waals surface area contributed by atoms with E-state index in [1.807, 2.05) is 6.07 Å². The van der Waals surface area contributed by atoms with Crippen LogP contribution in [0.3, 0.4) is 0 Å². The van der Waals surface area contributed by atoms with Gasteiger partial charge in [0.2, 0.25) is 5.75 Å². The van der Waals surface area contributed by atoms with Gasteiger partial charge in [-0.3, -0.25) is 10.1 Å². The summed E-state index contributed by atoms with van der Waals surface area (Å²) in [4.78, 5) is 10.3. The third kappa shape index (κ3) is 1.66. The van der Waals surface area contributed by atoms with E-state index in [1.54, 1.807) is 6.07 Å². The van der Waals surface area contributed by atoms with Crippen LogP contribution in [0.5, 0.6) is 5.75 Å². The molecule has 1 heterocycles. The second kappa shape index (κ2) is 3.86. The maximum atomic E-state index is 10.8. The second-order valence-corrected chi connectivity index (χ2v) is 3.52. The maximum absolute atomic E-state index is 10.8. The standard InChI is InChI=1S/C10H12N2O3/c11-6-7-4-5-15-10-8(7)2-1-3-9(10)12(13)14/h1-3,7H,4-6,11H2. The SMILES string of the molecule is NCC1CCOc2c1cccc2[N+](=O)[O-]. The Balaban J connectivity index is 2.50. The molecule has 1 atom stereocenters. The molecule has 2 N–H and O–H groups in total. The Labute approximate surface area is 87.0 Å². The first-order valence-corrected chi connectivity index (χ1v) is 4.84. The van der Waals surface area contributed by atoms with Crippen molar-refractivity contribution in [1.82, 2.24) is 0 Å². The molecule has 0 radical (unpaired) electrons. The Kier molecular flexibility index (Phi) is 2.55. The molecule has 0 spiro atoms. The van der Waals surface area contributed by atoms with Crippen molar-refractivity contribution in [3.8, 4) is 5.75 Å². The van der Waals surface area contributed by atoms with Gasteiger partial charge in [0.25, 0.3) is 0 Å². The number of nitro groups is 1. The monoisotopic (exact) mass is 208 g/mol. The van der Waals surface area contributed by atoms with E-state index in [-0.39, 0.29) is 11.6 Å². The summed E-state index contributed by atoms with van der Waals surface area (Å²) in [6, 6.07) is 4.98. The molecule has 1 aliphatic heterocycles. The highest BCUT2D eigenvalue weighted by Gasteiger charge is 2.27. The molecule has 0 fully saturated rings. The Morgan fingerprint density at radius 1 is 1.60 bits per heavy atom. The minimum Gasteiger partial charge on any atom is -0.487 e. The van der Waals surface area contributed by atoms with Crippen molar-refractivity contribution in [1.29, 1.82) is 0 Å². The van der Waals surface area contributed by atoms with Crippen LogP contribution in [0, 0.1) is 10.1 Å². The average molecular weight is 208 g/mol. The predicted octanol–water partition coefficient (Wildman–Crippen LogP) is 1.42. The van der Waals surface area contributed by atoms with Crippen molar-refractivity contribution < 1.29 is 9.66 Å². The van der Waals surface area contributed by atoms with Crippen LogP contribution in [0.4, 0.5) is 5.69 Å². The molecule has 1 unspecified atom stereocenters. The van der Waals surface area contributed by atoms with Crippen LogP contribution in [-0.2, 0) is 0 Å². The molecule has 15 heavy (non-hydrogen) atoms.